The number of benzene rings is 2. The van der Waals surface area contributed by atoms with E-state index in [1.165, 1.54) is 11.0 Å². The number of hydrogen-bond acceptors (Lipinski definition) is 2. The van der Waals surface area contributed by atoms with E-state index in [-0.39, 0.29) is 18.4 Å². The van der Waals surface area contributed by atoms with Crippen LogP contribution in [0.5, 0.6) is 0 Å². The molecule has 0 aliphatic heterocycles. The van der Waals surface area contributed by atoms with Gasteiger partial charge in [-0.15, -0.1) is 0 Å². The maximum Gasteiger partial charge on any atom is 0.246 e. The van der Waals surface area contributed by atoms with Crippen LogP contribution >= 0.6 is 23.2 Å². The van der Waals surface area contributed by atoms with Gasteiger partial charge >= 0.3 is 0 Å². The van der Waals surface area contributed by atoms with E-state index in [1.54, 1.807) is 31.3 Å². The first-order chi connectivity index (χ1) is 12.4. The van der Waals surface area contributed by atoms with Crippen LogP contribution in [0.25, 0.3) is 6.08 Å². The number of amides is 2. The fraction of sp³-hybridized carbons (Fsp3) is 0.200. The van der Waals surface area contributed by atoms with E-state index in [2.05, 4.69) is 5.32 Å². The first kappa shape index (κ1) is 20.0. The van der Waals surface area contributed by atoms with Crippen molar-refractivity contribution >= 4 is 46.8 Å². The number of carbonyl (C=O) groups excluding carboxylic acids is 2. The Kier molecular flexibility index (Phi) is 7.25. The molecule has 136 valence electrons. The van der Waals surface area contributed by atoms with Gasteiger partial charge in [0.15, 0.2) is 0 Å². The molecule has 0 aromatic heterocycles. The van der Waals surface area contributed by atoms with Crippen LogP contribution in [0.4, 0.5) is 5.69 Å². The maximum absolute atomic E-state index is 12.2. The Hall–Kier alpha value is -2.30. The Morgan fingerprint density at radius 2 is 1.85 bits per heavy atom. The molecule has 2 aromatic carbocycles. The second-order valence-electron chi connectivity index (χ2n) is 5.73. The van der Waals surface area contributed by atoms with E-state index in [1.807, 2.05) is 31.2 Å². The number of aryl methyl sites for hydroxylation is 1. The molecule has 4 nitrogen and oxygen atoms in total. The third kappa shape index (κ3) is 5.35. The van der Waals surface area contributed by atoms with Crippen molar-refractivity contribution in [1.82, 2.24) is 4.90 Å². The summed E-state index contributed by atoms with van der Waals surface area (Å²) < 4.78 is 0. The van der Waals surface area contributed by atoms with Crippen molar-refractivity contribution < 1.29 is 9.59 Å². The maximum atomic E-state index is 12.2. The van der Waals surface area contributed by atoms with Gasteiger partial charge in [0.2, 0.25) is 11.8 Å². The zero-order valence-corrected chi connectivity index (χ0v) is 16.1. The minimum atomic E-state index is -0.306. The molecule has 0 radical (unpaired) electrons. The summed E-state index contributed by atoms with van der Waals surface area (Å²) in [6.07, 6.45) is 3.76. The molecule has 2 aromatic rings. The lowest BCUT2D eigenvalue weighted by molar-refractivity contribution is -0.129. The van der Waals surface area contributed by atoms with Crippen LogP contribution in [0.3, 0.4) is 0 Å². The lowest BCUT2D eigenvalue weighted by Crippen LogP contribution is -2.34. The quantitative estimate of drug-likeness (QED) is 0.728. The van der Waals surface area contributed by atoms with E-state index >= 15 is 0 Å². The van der Waals surface area contributed by atoms with Crippen LogP contribution < -0.4 is 5.32 Å². The van der Waals surface area contributed by atoms with Crippen LogP contribution in [0.2, 0.25) is 10.0 Å². The summed E-state index contributed by atoms with van der Waals surface area (Å²) in [5.74, 6) is -0.559. The molecule has 0 fully saturated rings. The fourth-order valence-corrected chi connectivity index (χ4v) is 2.74. The summed E-state index contributed by atoms with van der Waals surface area (Å²) in [6.45, 7) is 1.97. The van der Waals surface area contributed by atoms with Crippen molar-refractivity contribution in [1.29, 1.82) is 0 Å². The van der Waals surface area contributed by atoms with E-state index in [0.29, 0.717) is 15.6 Å². The number of para-hydroxylation sites is 1. The molecule has 6 heteroatoms. The molecule has 0 atom stereocenters. The van der Waals surface area contributed by atoms with E-state index in [0.717, 1.165) is 17.7 Å². The minimum absolute atomic E-state index is 0.0511. The van der Waals surface area contributed by atoms with Gasteiger partial charge in [0.25, 0.3) is 0 Å². The van der Waals surface area contributed by atoms with Crippen molar-refractivity contribution in [3.8, 4) is 0 Å². The van der Waals surface area contributed by atoms with Gasteiger partial charge in [-0.25, -0.2) is 0 Å². The predicted octanol–water partition coefficient (Wildman–Crippen LogP) is 4.67. The minimum Gasteiger partial charge on any atom is -0.333 e. The SMILES string of the molecule is CCc1ccccc1NC(=O)CN(C)C(=O)/C=C/c1cccc(Cl)c1Cl. The van der Waals surface area contributed by atoms with Crippen LogP contribution in [0, 0.1) is 0 Å². The van der Waals surface area contributed by atoms with Crippen molar-refractivity contribution in [3.05, 3.63) is 69.7 Å². The van der Waals surface area contributed by atoms with Crippen molar-refractivity contribution in [2.75, 3.05) is 18.9 Å². The average Bonchev–Trinajstić information content (AvgIpc) is 2.63. The molecule has 26 heavy (non-hydrogen) atoms. The molecule has 0 bridgehead atoms. The zero-order valence-electron chi connectivity index (χ0n) is 14.6. The lowest BCUT2D eigenvalue weighted by atomic mass is 10.1. The Morgan fingerprint density at radius 1 is 1.12 bits per heavy atom. The first-order valence-electron chi connectivity index (χ1n) is 8.17. The molecule has 0 aliphatic carbocycles. The number of anilines is 1. The molecule has 0 aliphatic rings. The molecule has 0 saturated heterocycles. The van der Waals surface area contributed by atoms with Gasteiger partial charge < -0.3 is 10.2 Å². The number of likely N-dealkylation sites (N-methyl/N-ethyl adjacent to an activating group) is 1. The number of halogens is 2. The van der Waals surface area contributed by atoms with Crippen LogP contribution in [0.15, 0.2) is 48.5 Å². The monoisotopic (exact) mass is 390 g/mol. The van der Waals surface area contributed by atoms with E-state index < -0.39 is 0 Å². The Morgan fingerprint density at radius 3 is 2.58 bits per heavy atom. The first-order valence-corrected chi connectivity index (χ1v) is 8.93. The molecule has 0 saturated carbocycles. The number of rotatable bonds is 6. The highest BCUT2D eigenvalue weighted by Gasteiger charge is 2.12. The smallest absolute Gasteiger partial charge is 0.246 e. The summed E-state index contributed by atoms with van der Waals surface area (Å²) in [4.78, 5) is 25.7. The summed E-state index contributed by atoms with van der Waals surface area (Å²) >= 11 is 12.0. The summed E-state index contributed by atoms with van der Waals surface area (Å²) in [7, 11) is 1.57. The van der Waals surface area contributed by atoms with E-state index in [4.69, 9.17) is 23.2 Å². The average molecular weight is 391 g/mol. The normalized spacial score (nSPS) is 10.8. The molecular formula is C20H20Cl2N2O2. The van der Waals surface area contributed by atoms with Gasteiger partial charge in [0.05, 0.1) is 16.6 Å². The highest BCUT2D eigenvalue weighted by molar-refractivity contribution is 6.42. The van der Waals surface area contributed by atoms with Crippen molar-refractivity contribution in [2.24, 2.45) is 0 Å². The largest absolute Gasteiger partial charge is 0.333 e. The van der Waals surface area contributed by atoms with Gasteiger partial charge in [-0.05, 0) is 35.8 Å². The Balaban J connectivity index is 1.97. The second kappa shape index (κ2) is 9.41. The van der Waals surface area contributed by atoms with Gasteiger partial charge in [-0.3, -0.25) is 9.59 Å². The molecular weight excluding hydrogens is 371 g/mol. The number of carbonyl (C=O) groups is 2. The highest BCUT2D eigenvalue weighted by Crippen LogP contribution is 2.26. The van der Waals surface area contributed by atoms with Gasteiger partial charge in [-0.1, -0.05) is 60.5 Å². The molecule has 1 N–H and O–H groups in total. The number of hydrogen-bond donors (Lipinski definition) is 1. The van der Waals surface area contributed by atoms with Crippen molar-refractivity contribution in [3.63, 3.8) is 0 Å². The number of nitrogens with one attached hydrogen (secondary N) is 1. The summed E-state index contributed by atoms with van der Waals surface area (Å²) in [5, 5.41) is 3.65. The van der Waals surface area contributed by atoms with Crippen LogP contribution in [0.1, 0.15) is 18.1 Å². The topological polar surface area (TPSA) is 49.4 Å². The van der Waals surface area contributed by atoms with Crippen LogP contribution in [-0.4, -0.2) is 30.3 Å². The van der Waals surface area contributed by atoms with Gasteiger partial charge in [0, 0.05) is 18.8 Å². The van der Waals surface area contributed by atoms with E-state index in [9.17, 15) is 9.59 Å². The third-order valence-electron chi connectivity index (χ3n) is 3.82. The fourth-order valence-electron chi connectivity index (χ4n) is 2.37. The Labute approximate surface area is 163 Å². The van der Waals surface area contributed by atoms with Crippen molar-refractivity contribution in [2.45, 2.75) is 13.3 Å². The third-order valence-corrected chi connectivity index (χ3v) is 4.65. The van der Waals surface area contributed by atoms with Gasteiger partial charge in [0.1, 0.15) is 0 Å². The molecule has 0 heterocycles. The molecule has 2 rings (SSSR count). The van der Waals surface area contributed by atoms with Gasteiger partial charge in [-0.2, -0.15) is 0 Å². The predicted molar refractivity (Wildman–Crippen MR) is 108 cm³/mol. The zero-order chi connectivity index (χ0) is 19.1. The molecule has 0 unspecified atom stereocenters. The Bertz CT molecular complexity index is 834. The molecule has 2 amide bonds. The second-order valence-corrected chi connectivity index (χ2v) is 6.51. The molecule has 0 spiro atoms. The number of nitrogens with zero attached hydrogens (tertiary/aromatic N) is 1. The summed E-state index contributed by atoms with van der Waals surface area (Å²) in [5.41, 5.74) is 2.45. The standard InChI is InChI=1S/C20H20Cl2N2O2/c1-3-14-7-4-5-10-17(14)23-18(25)13-24(2)19(26)12-11-15-8-6-9-16(21)20(15)22/h4-12H,3,13H2,1-2H3,(H,23,25)/b12-11+. The highest BCUT2D eigenvalue weighted by atomic mass is 35.5. The lowest BCUT2D eigenvalue weighted by Gasteiger charge is -2.16. The van der Waals surface area contributed by atoms with Crippen LogP contribution in [-0.2, 0) is 16.0 Å². The summed E-state index contributed by atoms with van der Waals surface area (Å²) in [6, 6.07) is 12.8.